The second-order valence-electron chi connectivity index (χ2n) is 3.18. The Kier molecular flexibility index (Phi) is 1.61. The van der Waals surface area contributed by atoms with Crippen LogP contribution >= 0.6 is 0 Å². The van der Waals surface area contributed by atoms with Crippen molar-refractivity contribution >= 4 is 5.97 Å². The van der Waals surface area contributed by atoms with Gasteiger partial charge in [-0.25, -0.2) is 0 Å². The van der Waals surface area contributed by atoms with Crippen LogP contribution in [-0.2, 0) is 0 Å². The molecule has 1 fully saturated rings. The van der Waals surface area contributed by atoms with Crippen LogP contribution in [0.4, 0.5) is 0 Å². The molecule has 0 saturated heterocycles. The summed E-state index contributed by atoms with van der Waals surface area (Å²) in [7, 11) is 0. The molecule has 12 heavy (non-hydrogen) atoms. The summed E-state index contributed by atoms with van der Waals surface area (Å²) in [5.41, 5.74) is 1.51. The third-order valence-corrected chi connectivity index (χ3v) is 2.20. The average molecular weight is 161 g/mol. The van der Waals surface area contributed by atoms with E-state index in [2.05, 4.69) is 0 Å². The van der Waals surface area contributed by atoms with Crippen LogP contribution in [0.15, 0.2) is 24.3 Å². The quantitative estimate of drug-likeness (QED) is 0.647. The minimum atomic E-state index is -1.10. The van der Waals surface area contributed by atoms with Gasteiger partial charge in [-0.2, -0.15) is 0 Å². The summed E-state index contributed by atoms with van der Waals surface area (Å²) in [6, 6.07) is 6.98. The van der Waals surface area contributed by atoms with Crippen molar-refractivity contribution in [3.8, 4) is 0 Å². The van der Waals surface area contributed by atoms with Crippen LogP contribution in [0.3, 0.4) is 0 Å². The molecule has 2 nitrogen and oxygen atoms in total. The van der Waals surface area contributed by atoms with E-state index in [1.807, 2.05) is 12.1 Å². The molecule has 0 N–H and O–H groups in total. The second kappa shape index (κ2) is 2.63. The topological polar surface area (TPSA) is 40.1 Å². The number of hydrogen-bond donors (Lipinski definition) is 0. The second-order valence-corrected chi connectivity index (χ2v) is 3.18. The fraction of sp³-hybridized carbons (Fsp3) is 0.300. The lowest BCUT2D eigenvalue weighted by atomic mass is 10.1. The van der Waals surface area contributed by atoms with Gasteiger partial charge in [0.2, 0.25) is 0 Å². The van der Waals surface area contributed by atoms with Crippen molar-refractivity contribution < 1.29 is 9.90 Å². The molecule has 62 valence electrons. The van der Waals surface area contributed by atoms with Crippen molar-refractivity contribution in [3.05, 3.63) is 35.4 Å². The molecule has 0 amide bonds. The fourth-order valence-electron chi connectivity index (χ4n) is 1.31. The number of hydrogen-bond acceptors (Lipinski definition) is 2. The Morgan fingerprint density at radius 3 is 2.25 bits per heavy atom. The van der Waals surface area contributed by atoms with Gasteiger partial charge in [0.05, 0.1) is 5.97 Å². The molecule has 0 bridgehead atoms. The van der Waals surface area contributed by atoms with Gasteiger partial charge in [0.1, 0.15) is 0 Å². The maximum atomic E-state index is 10.4. The van der Waals surface area contributed by atoms with Crippen LogP contribution in [0.25, 0.3) is 0 Å². The lowest BCUT2D eigenvalue weighted by Crippen LogP contribution is -2.21. The highest BCUT2D eigenvalue weighted by Gasteiger charge is 2.22. The molecule has 0 atom stereocenters. The summed E-state index contributed by atoms with van der Waals surface area (Å²) in [5, 5.41) is 10.4. The van der Waals surface area contributed by atoms with E-state index >= 15 is 0 Å². The molecule has 0 aliphatic heterocycles. The monoisotopic (exact) mass is 161 g/mol. The van der Waals surface area contributed by atoms with Crippen LogP contribution in [-0.4, -0.2) is 5.97 Å². The minimum Gasteiger partial charge on any atom is -0.545 e. The number of carbonyl (C=O) groups is 1. The standard InChI is InChI=1S/C10H10O2/c11-10(12)9-5-3-8(4-6-9)7-1-2-7/h3-7H,1-2H2,(H,11,12)/p-1. The number of carboxylic acids is 1. The van der Waals surface area contributed by atoms with Gasteiger partial charge in [-0.05, 0) is 29.9 Å². The van der Waals surface area contributed by atoms with Crippen LogP contribution in [0, 0.1) is 0 Å². The molecular weight excluding hydrogens is 152 g/mol. The largest absolute Gasteiger partial charge is 0.545 e. The van der Waals surface area contributed by atoms with Gasteiger partial charge in [-0.1, -0.05) is 24.3 Å². The van der Waals surface area contributed by atoms with Crippen LogP contribution in [0.5, 0.6) is 0 Å². The first-order valence-corrected chi connectivity index (χ1v) is 4.08. The molecule has 1 aliphatic rings. The number of benzene rings is 1. The van der Waals surface area contributed by atoms with Gasteiger partial charge in [-0.3, -0.25) is 0 Å². The first-order valence-electron chi connectivity index (χ1n) is 4.08. The minimum absolute atomic E-state index is 0.263. The van der Waals surface area contributed by atoms with Crippen molar-refractivity contribution in [1.82, 2.24) is 0 Å². The Balaban J connectivity index is 2.24. The predicted molar refractivity (Wildman–Crippen MR) is 42.7 cm³/mol. The van der Waals surface area contributed by atoms with Gasteiger partial charge < -0.3 is 9.90 Å². The van der Waals surface area contributed by atoms with E-state index in [0.717, 1.165) is 0 Å². The summed E-state index contributed by atoms with van der Waals surface area (Å²) in [6.45, 7) is 0. The maximum Gasteiger partial charge on any atom is 0.0715 e. The van der Waals surface area contributed by atoms with Crippen molar-refractivity contribution in [2.45, 2.75) is 18.8 Å². The SMILES string of the molecule is O=C([O-])c1ccc(C2CC2)cc1. The number of carboxylic acid groups (broad SMARTS) is 1. The fourth-order valence-corrected chi connectivity index (χ4v) is 1.31. The first-order chi connectivity index (χ1) is 5.77. The van der Waals surface area contributed by atoms with E-state index in [1.165, 1.54) is 18.4 Å². The summed E-state index contributed by atoms with van der Waals surface area (Å²) >= 11 is 0. The number of carbonyl (C=O) groups excluding carboxylic acids is 1. The smallest absolute Gasteiger partial charge is 0.0715 e. The Bertz CT molecular complexity index is 296. The van der Waals surface area contributed by atoms with Crippen molar-refractivity contribution in [2.75, 3.05) is 0 Å². The van der Waals surface area contributed by atoms with E-state index in [-0.39, 0.29) is 5.56 Å². The van der Waals surface area contributed by atoms with Gasteiger partial charge in [0.25, 0.3) is 0 Å². The maximum absolute atomic E-state index is 10.4. The van der Waals surface area contributed by atoms with E-state index in [4.69, 9.17) is 0 Å². The summed E-state index contributed by atoms with van der Waals surface area (Å²) < 4.78 is 0. The Morgan fingerprint density at radius 2 is 1.83 bits per heavy atom. The van der Waals surface area contributed by atoms with Crippen molar-refractivity contribution in [3.63, 3.8) is 0 Å². The zero-order valence-corrected chi connectivity index (χ0v) is 6.62. The van der Waals surface area contributed by atoms with E-state index < -0.39 is 5.97 Å². The van der Waals surface area contributed by atoms with E-state index in [9.17, 15) is 9.90 Å². The molecular formula is C10H9O2-. The Morgan fingerprint density at radius 1 is 1.25 bits per heavy atom. The highest BCUT2D eigenvalue weighted by atomic mass is 16.4. The lowest BCUT2D eigenvalue weighted by molar-refractivity contribution is -0.255. The number of rotatable bonds is 2. The molecule has 2 rings (SSSR count). The molecule has 1 saturated carbocycles. The molecule has 1 aromatic carbocycles. The Labute approximate surface area is 70.8 Å². The predicted octanol–water partition coefficient (Wildman–Crippen LogP) is 0.927. The van der Waals surface area contributed by atoms with Gasteiger partial charge in [0, 0.05) is 0 Å². The number of aromatic carboxylic acids is 1. The Hall–Kier alpha value is -1.31. The van der Waals surface area contributed by atoms with Crippen molar-refractivity contribution in [2.24, 2.45) is 0 Å². The van der Waals surface area contributed by atoms with Crippen LogP contribution < -0.4 is 5.11 Å². The summed E-state index contributed by atoms with van der Waals surface area (Å²) in [4.78, 5) is 10.4. The molecule has 1 aromatic rings. The molecule has 0 radical (unpaired) electrons. The third-order valence-electron chi connectivity index (χ3n) is 2.20. The highest BCUT2D eigenvalue weighted by molar-refractivity contribution is 5.85. The molecule has 2 heteroatoms. The van der Waals surface area contributed by atoms with E-state index in [1.54, 1.807) is 12.1 Å². The average Bonchev–Trinajstić information content (AvgIpc) is 2.87. The van der Waals surface area contributed by atoms with Crippen molar-refractivity contribution in [1.29, 1.82) is 0 Å². The third kappa shape index (κ3) is 1.33. The lowest BCUT2D eigenvalue weighted by Gasteiger charge is -2.02. The molecule has 0 unspecified atom stereocenters. The molecule has 0 heterocycles. The zero-order chi connectivity index (χ0) is 8.55. The molecule has 0 aromatic heterocycles. The molecule has 0 spiro atoms. The zero-order valence-electron chi connectivity index (χ0n) is 6.62. The van der Waals surface area contributed by atoms with Gasteiger partial charge in [-0.15, -0.1) is 0 Å². The summed E-state index contributed by atoms with van der Waals surface area (Å²) in [6.07, 6.45) is 2.48. The van der Waals surface area contributed by atoms with Gasteiger partial charge in [0.15, 0.2) is 0 Å². The van der Waals surface area contributed by atoms with Crippen LogP contribution in [0.2, 0.25) is 0 Å². The van der Waals surface area contributed by atoms with E-state index in [0.29, 0.717) is 5.92 Å². The summed E-state index contributed by atoms with van der Waals surface area (Å²) in [5.74, 6) is -0.418. The van der Waals surface area contributed by atoms with Crippen LogP contribution in [0.1, 0.15) is 34.7 Å². The normalized spacial score (nSPS) is 16.0. The highest BCUT2D eigenvalue weighted by Crippen LogP contribution is 2.39. The first kappa shape index (κ1) is 7.35. The van der Waals surface area contributed by atoms with Gasteiger partial charge >= 0.3 is 0 Å². The molecule has 1 aliphatic carbocycles.